The van der Waals surface area contributed by atoms with Gasteiger partial charge in [0, 0.05) is 24.7 Å². The minimum atomic E-state index is -0.842. The highest BCUT2D eigenvalue weighted by Crippen LogP contribution is 2.05. The molecule has 7 heteroatoms. The normalized spacial score (nSPS) is 10.6. The Morgan fingerprint density at radius 1 is 1.40 bits per heavy atom. The molecule has 0 spiro atoms. The van der Waals surface area contributed by atoms with E-state index in [1.54, 1.807) is 0 Å². The fourth-order valence-electron chi connectivity index (χ4n) is 1.72. The third-order valence-corrected chi connectivity index (χ3v) is 3.49. The molecule has 0 aliphatic heterocycles. The smallest absolute Gasteiger partial charge is 0.313 e. The van der Waals surface area contributed by atoms with Crippen LogP contribution in [0.5, 0.6) is 0 Å². The van der Waals surface area contributed by atoms with Crippen LogP contribution in [0.2, 0.25) is 0 Å². The van der Waals surface area contributed by atoms with Crippen LogP contribution in [0.1, 0.15) is 5.69 Å². The summed E-state index contributed by atoms with van der Waals surface area (Å²) in [4.78, 5) is 26.3. The molecule has 1 amide bonds. The van der Waals surface area contributed by atoms with Crippen molar-refractivity contribution in [1.82, 2.24) is 14.7 Å². The fraction of sp³-hybridized carbons (Fsp3) is 0.308. The molecule has 0 unspecified atom stereocenters. The average molecular weight is 293 g/mol. The molecule has 0 atom stereocenters. The van der Waals surface area contributed by atoms with E-state index >= 15 is 0 Å². The van der Waals surface area contributed by atoms with Crippen LogP contribution < -0.4 is 5.32 Å². The highest BCUT2D eigenvalue weighted by atomic mass is 32.2. The van der Waals surface area contributed by atoms with Gasteiger partial charge in [-0.2, -0.15) is 0 Å². The number of nitrogens with zero attached hydrogens (tertiary/aromatic N) is 2. The Kier molecular flexibility index (Phi) is 5.00. The number of rotatable bonds is 7. The first-order chi connectivity index (χ1) is 9.65. The van der Waals surface area contributed by atoms with Crippen molar-refractivity contribution in [3.63, 3.8) is 0 Å². The zero-order chi connectivity index (χ0) is 14.4. The molecule has 2 aromatic rings. The molecule has 0 radical (unpaired) electrons. The lowest BCUT2D eigenvalue weighted by Gasteiger charge is -2.02. The Hall–Kier alpha value is -2.02. The second kappa shape index (κ2) is 6.95. The number of imidazole rings is 1. The van der Waals surface area contributed by atoms with Gasteiger partial charge in [0.1, 0.15) is 5.65 Å². The van der Waals surface area contributed by atoms with Crippen molar-refractivity contribution in [2.75, 3.05) is 18.1 Å². The van der Waals surface area contributed by atoms with Crippen molar-refractivity contribution in [3.05, 3.63) is 36.3 Å². The van der Waals surface area contributed by atoms with Gasteiger partial charge in [0.15, 0.2) is 0 Å². The summed E-state index contributed by atoms with van der Waals surface area (Å²) in [5, 5.41) is 11.2. The minimum Gasteiger partial charge on any atom is -0.481 e. The lowest BCUT2D eigenvalue weighted by molar-refractivity contribution is -0.133. The maximum absolute atomic E-state index is 11.7. The number of thioether (sulfide) groups is 1. The zero-order valence-electron chi connectivity index (χ0n) is 10.8. The van der Waals surface area contributed by atoms with Crippen LogP contribution in [0.4, 0.5) is 0 Å². The van der Waals surface area contributed by atoms with Gasteiger partial charge in [0.2, 0.25) is 5.91 Å². The van der Waals surface area contributed by atoms with Gasteiger partial charge in [0.05, 0.1) is 17.9 Å². The van der Waals surface area contributed by atoms with Crippen molar-refractivity contribution in [3.8, 4) is 0 Å². The molecule has 0 aromatic carbocycles. The van der Waals surface area contributed by atoms with Crippen LogP contribution in [0.15, 0.2) is 30.6 Å². The van der Waals surface area contributed by atoms with Crippen molar-refractivity contribution < 1.29 is 14.7 Å². The zero-order valence-corrected chi connectivity index (χ0v) is 11.6. The molecule has 2 heterocycles. The number of aromatic nitrogens is 2. The Morgan fingerprint density at radius 3 is 3.00 bits per heavy atom. The lowest BCUT2D eigenvalue weighted by atomic mass is 10.3. The van der Waals surface area contributed by atoms with E-state index in [4.69, 9.17) is 5.11 Å². The van der Waals surface area contributed by atoms with Crippen LogP contribution in [0.25, 0.3) is 5.65 Å². The first-order valence-electron chi connectivity index (χ1n) is 6.14. The predicted octanol–water partition coefficient (Wildman–Crippen LogP) is 0.811. The van der Waals surface area contributed by atoms with Gasteiger partial charge in [-0.1, -0.05) is 6.07 Å². The number of nitrogens with one attached hydrogen (secondary N) is 1. The topological polar surface area (TPSA) is 83.7 Å². The van der Waals surface area contributed by atoms with Gasteiger partial charge >= 0.3 is 5.97 Å². The highest BCUT2D eigenvalue weighted by molar-refractivity contribution is 7.99. The third-order valence-electron chi connectivity index (χ3n) is 2.55. The van der Waals surface area contributed by atoms with Crippen molar-refractivity contribution in [2.45, 2.75) is 6.42 Å². The monoisotopic (exact) mass is 293 g/mol. The number of carbonyl (C=O) groups excluding carboxylic acids is 1. The highest BCUT2D eigenvalue weighted by Gasteiger charge is 2.07. The summed E-state index contributed by atoms with van der Waals surface area (Å²) >= 11 is 1.28. The molecule has 2 rings (SSSR count). The Balaban J connectivity index is 1.75. The number of hydrogen-bond donors (Lipinski definition) is 2. The summed E-state index contributed by atoms with van der Waals surface area (Å²) in [6.07, 6.45) is 3.94. The van der Waals surface area contributed by atoms with Gasteiger partial charge in [0.25, 0.3) is 0 Å². The van der Waals surface area contributed by atoms with Crippen LogP contribution >= 0.6 is 11.8 Å². The number of hydrogen-bond acceptors (Lipinski definition) is 4. The van der Waals surface area contributed by atoms with Crippen LogP contribution in [-0.2, 0) is 16.0 Å². The Bertz CT molecular complexity index is 579. The number of pyridine rings is 1. The quantitative estimate of drug-likeness (QED) is 0.738. The summed E-state index contributed by atoms with van der Waals surface area (Å²) < 4.78 is 1.87. The molecule has 20 heavy (non-hydrogen) atoms. The van der Waals surface area contributed by atoms with E-state index in [0.29, 0.717) is 18.0 Å². The summed E-state index contributed by atoms with van der Waals surface area (Å²) in [5.74, 6) is -0.304. The third kappa shape index (κ3) is 4.27. The van der Waals surface area contributed by atoms with Crippen molar-refractivity contribution >= 4 is 29.3 Å². The first-order valence-corrected chi connectivity index (χ1v) is 7.29. The molecule has 2 N–H and O–H groups in total. The number of carboxylic acids is 1. The molecular formula is C13H15N3O3S. The number of carbonyl (C=O) groups is 2. The second-order valence-electron chi connectivity index (χ2n) is 4.17. The molecule has 0 aliphatic rings. The molecule has 0 fully saturated rings. The van der Waals surface area contributed by atoms with Crippen LogP contribution in [0, 0.1) is 0 Å². The van der Waals surface area contributed by atoms with Crippen LogP contribution in [-0.4, -0.2) is 44.4 Å². The number of carboxylic acid groups (broad SMARTS) is 1. The molecule has 0 bridgehead atoms. The lowest BCUT2D eigenvalue weighted by Crippen LogP contribution is -2.27. The maximum atomic E-state index is 11.7. The molecule has 0 saturated carbocycles. The maximum Gasteiger partial charge on any atom is 0.313 e. The summed E-state index contributed by atoms with van der Waals surface area (Å²) in [7, 11) is 0. The number of fused-ring (bicyclic) bond motifs is 1. The first kappa shape index (κ1) is 14.4. The van der Waals surface area contributed by atoms with E-state index in [0.717, 1.165) is 5.65 Å². The van der Waals surface area contributed by atoms with E-state index < -0.39 is 5.97 Å². The largest absolute Gasteiger partial charge is 0.481 e. The van der Waals surface area contributed by atoms with Crippen LogP contribution in [0.3, 0.4) is 0 Å². The van der Waals surface area contributed by atoms with Gasteiger partial charge in [-0.25, -0.2) is 4.98 Å². The molecular weight excluding hydrogens is 278 g/mol. The minimum absolute atomic E-state index is 0.0578. The average Bonchev–Trinajstić information content (AvgIpc) is 2.79. The Morgan fingerprint density at radius 2 is 2.25 bits per heavy atom. The molecule has 6 nitrogen and oxygen atoms in total. The van der Waals surface area contributed by atoms with E-state index in [1.165, 1.54) is 11.8 Å². The van der Waals surface area contributed by atoms with E-state index in [-0.39, 0.29) is 18.1 Å². The Labute approximate surface area is 120 Å². The SMILES string of the molecule is O=C(O)CSCCNC(=O)Cc1cn2ccccc2n1. The van der Waals surface area contributed by atoms with Gasteiger partial charge in [-0.3, -0.25) is 9.59 Å². The molecule has 0 saturated heterocycles. The van der Waals surface area contributed by atoms with Gasteiger partial charge in [-0.05, 0) is 12.1 Å². The van der Waals surface area contributed by atoms with Gasteiger partial charge in [-0.15, -0.1) is 11.8 Å². The van der Waals surface area contributed by atoms with Crippen molar-refractivity contribution in [2.24, 2.45) is 0 Å². The second-order valence-corrected chi connectivity index (χ2v) is 5.28. The molecule has 2 aromatic heterocycles. The standard InChI is InChI=1S/C13H15N3O3S/c17-12(14-4-6-20-9-13(18)19)7-10-8-16-5-2-1-3-11(16)15-10/h1-3,5,8H,4,6-7,9H2,(H,14,17)(H,18,19). The van der Waals surface area contributed by atoms with E-state index in [2.05, 4.69) is 10.3 Å². The predicted molar refractivity (Wildman–Crippen MR) is 76.9 cm³/mol. The van der Waals surface area contributed by atoms with Crippen molar-refractivity contribution in [1.29, 1.82) is 0 Å². The van der Waals surface area contributed by atoms with Gasteiger partial charge < -0.3 is 14.8 Å². The van der Waals surface area contributed by atoms with E-state index in [1.807, 2.05) is 35.0 Å². The summed E-state index contributed by atoms with van der Waals surface area (Å²) in [6.45, 7) is 0.462. The number of aliphatic carboxylic acids is 1. The van der Waals surface area contributed by atoms with E-state index in [9.17, 15) is 9.59 Å². The summed E-state index contributed by atoms with van der Waals surface area (Å²) in [5.41, 5.74) is 1.53. The number of amides is 1. The molecule has 106 valence electrons. The molecule has 0 aliphatic carbocycles. The fourth-order valence-corrected chi connectivity index (χ4v) is 2.29. The summed E-state index contributed by atoms with van der Waals surface area (Å²) in [6, 6.07) is 5.67.